The van der Waals surface area contributed by atoms with Crippen LogP contribution in [0.3, 0.4) is 0 Å². The van der Waals surface area contributed by atoms with Crippen LogP contribution < -0.4 is 5.32 Å². The van der Waals surface area contributed by atoms with Gasteiger partial charge < -0.3 is 10.4 Å². The highest BCUT2D eigenvalue weighted by atomic mass is 16.3. The largest absolute Gasteiger partial charge is 0.508 e. The predicted molar refractivity (Wildman–Crippen MR) is 76.7 cm³/mol. The van der Waals surface area contributed by atoms with E-state index in [2.05, 4.69) is 5.32 Å². The summed E-state index contributed by atoms with van der Waals surface area (Å²) in [6.07, 6.45) is 0. The average molecular weight is 255 g/mol. The van der Waals surface area contributed by atoms with Crippen molar-refractivity contribution in [1.82, 2.24) is 0 Å². The van der Waals surface area contributed by atoms with Gasteiger partial charge in [0.1, 0.15) is 5.75 Å². The second-order valence-electron chi connectivity index (χ2n) is 4.83. The minimum absolute atomic E-state index is 0.142. The van der Waals surface area contributed by atoms with Gasteiger partial charge in [0, 0.05) is 11.3 Å². The number of hydrogen-bond acceptors (Lipinski definition) is 2. The third-order valence-corrected chi connectivity index (χ3v) is 2.94. The van der Waals surface area contributed by atoms with Gasteiger partial charge in [-0.3, -0.25) is 4.79 Å². The Morgan fingerprint density at radius 3 is 2.21 bits per heavy atom. The van der Waals surface area contributed by atoms with Crippen LogP contribution in [0, 0.1) is 20.8 Å². The summed E-state index contributed by atoms with van der Waals surface area (Å²) in [5, 5.41) is 12.3. The molecule has 0 spiro atoms. The molecule has 0 aliphatic carbocycles. The lowest BCUT2D eigenvalue weighted by Gasteiger charge is -2.08. The summed E-state index contributed by atoms with van der Waals surface area (Å²) in [6, 6.07) is 10.7. The summed E-state index contributed by atoms with van der Waals surface area (Å²) in [5.74, 6) is 0.0845. The molecule has 2 rings (SSSR count). The lowest BCUT2D eigenvalue weighted by molar-refractivity contribution is 0.102. The van der Waals surface area contributed by atoms with E-state index in [9.17, 15) is 9.90 Å². The van der Waals surface area contributed by atoms with Crippen molar-refractivity contribution in [2.24, 2.45) is 0 Å². The van der Waals surface area contributed by atoms with Crippen LogP contribution in [0.2, 0.25) is 0 Å². The molecule has 0 fully saturated rings. The zero-order chi connectivity index (χ0) is 14.0. The van der Waals surface area contributed by atoms with Gasteiger partial charge in [-0.15, -0.1) is 0 Å². The molecule has 0 saturated heterocycles. The highest BCUT2D eigenvalue weighted by Crippen LogP contribution is 2.21. The number of hydrogen-bond donors (Lipinski definition) is 2. The van der Waals surface area contributed by atoms with Crippen molar-refractivity contribution in [2.75, 3.05) is 5.32 Å². The molecule has 2 aromatic rings. The summed E-state index contributed by atoms with van der Waals surface area (Å²) >= 11 is 0. The standard InChI is InChI=1S/C16H17NO2/c1-10-6-11(2)8-13(7-10)16(19)17-14-4-5-15(18)12(3)9-14/h4-9,18H,1-3H3,(H,17,19). The second-order valence-corrected chi connectivity index (χ2v) is 4.83. The Labute approximate surface area is 112 Å². The van der Waals surface area contributed by atoms with Gasteiger partial charge >= 0.3 is 0 Å². The molecule has 2 aromatic carbocycles. The fourth-order valence-electron chi connectivity index (χ4n) is 2.04. The average Bonchev–Trinajstić information content (AvgIpc) is 2.32. The van der Waals surface area contributed by atoms with Crippen LogP contribution >= 0.6 is 0 Å². The van der Waals surface area contributed by atoms with Crippen LogP contribution in [-0.4, -0.2) is 11.0 Å². The minimum atomic E-state index is -0.142. The van der Waals surface area contributed by atoms with Crippen LogP contribution in [0.4, 0.5) is 5.69 Å². The van der Waals surface area contributed by atoms with Crippen molar-refractivity contribution in [1.29, 1.82) is 0 Å². The van der Waals surface area contributed by atoms with Gasteiger partial charge in [0.15, 0.2) is 0 Å². The molecule has 0 bridgehead atoms. The molecular formula is C16H17NO2. The first-order valence-electron chi connectivity index (χ1n) is 6.15. The van der Waals surface area contributed by atoms with Crippen LogP contribution in [-0.2, 0) is 0 Å². The normalized spacial score (nSPS) is 10.3. The fourth-order valence-corrected chi connectivity index (χ4v) is 2.04. The van der Waals surface area contributed by atoms with E-state index >= 15 is 0 Å². The van der Waals surface area contributed by atoms with E-state index in [1.165, 1.54) is 0 Å². The molecule has 0 aliphatic heterocycles. The van der Waals surface area contributed by atoms with Crippen molar-refractivity contribution in [3.8, 4) is 5.75 Å². The van der Waals surface area contributed by atoms with E-state index in [0.717, 1.165) is 16.7 Å². The van der Waals surface area contributed by atoms with Crippen molar-refractivity contribution in [2.45, 2.75) is 20.8 Å². The SMILES string of the molecule is Cc1cc(C)cc(C(=O)Nc2ccc(O)c(C)c2)c1. The van der Waals surface area contributed by atoms with Gasteiger partial charge in [-0.25, -0.2) is 0 Å². The highest BCUT2D eigenvalue weighted by Gasteiger charge is 2.08. The molecule has 0 saturated carbocycles. The minimum Gasteiger partial charge on any atom is -0.508 e. The molecule has 0 aromatic heterocycles. The van der Waals surface area contributed by atoms with Gasteiger partial charge in [0.2, 0.25) is 0 Å². The number of benzene rings is 2. The highest BCUT2D eigenvalue weighted by molar-refractivity contribution is 6.04. The Hall–Kier alpha value is -2.29. The Morgan fingerprint density at radius 1 is 1.00 bits per heavy atom. The zero-order valence-corrected chi connectivity index (χ0v) is 11.3. The number of anilines is 1. The van der Waals surface area contributed by atoms with Crippen LogP contribution in [0.15, 0.2) is 36.4 Å². The Bertz CT molecular complexity index is 612. The number of amides is 1. The summed E-state index contributed by atoms with van der Waals surface area (Å²) in [6.45, 7) is 5.73. The zero-order valence-electron chi connectivity index (χ0n) is 11.3. The van der Waals surface area contributed by atoms with Crippen molar-refractivity contribution in [3.63, 3.8) is 0 Å². The van der Waals surface area contributed by atoms with E-state index in [-0.39, 0.29) is 11.7 Å². The monoisotopic (exact) mass is 255 g/mol. The summed E-state index contributed by atoms with van der Waals surface area (Å²) in [7, 11) is 0. The lowest BCUT2D eigenvalue weighted by atomic mass is 10.1. The molecule has 19 heavy (non-hydrogen) atoms. The Morgan fingerprint density at radius 2 is 1.63 bits per heavy atom. The van der Waals surface area contributed by atoms with Crippen LogP contribution in [0.25, 0.3) is 0 Å². The number of phenols is 1. The van der Waals surface area contributed by atoms with Gasteiger partial charge in [-0.2, -0.15) is 0 Å². The topological polar surface area (TPSA) is 49.3 Å². The molecule has 3 nitrogen and oxygen atoms in total. The molecular weight excluding hydrogens is 238 g/mol. The van der Waals surface area contributed by atoms with Crippen molar-refractivity contribution in [3.05, 3.63) is 58.7 Å². The number of aryl methyl sites for hydroxylation is 3. The molecule has 1 amide bonds. The maximum absolute atomic E-state index is 12.1. The van der Waals surface area contributed by atoms with E-state index in [1.54, 1.807) is 25.1 Å². The molecule has 98 valence electrons. The molecule has 3 heteroatoms. The summed E-state index contributed by atoms with van der Waals surface area (Å²) in [4.78, 5) is 12.1. The molecule has 2 N–H and O–H groups in total. The smallest absolute Gasteiger partial charge is 0.255 e. The number of carbonyl (C=O) groups excluding carboxylic acids is 1. The molecule has 0 aliphatic rings. The molecule has 0 atom stereocenters. The van der Waals surface area contributed by atoms with Gasteiger partial charge in [0.25, 0.3) is 5.91 Å². The molecule has 0 heterocycles. The van der Waals surface area contributed by atoms with E-state index in [4.69, 9.17) is 0 Å². The van der Waals surface area contributed by atoms with Gasteiger partial charge in [-0.1, -0.05) is 17.2 Å². The fraction of sp³-hybridized carbons (Fsp3) is 0.188. The number of carbonyl (C=O) groups is 1. The molecule has 0 radical (unpaired) electrons. The van der Waals surface area contributed by atoms with E-state index in [0.29, 0.717) is 11.3 Å². The van der Waals surface area contributed by atoms with Crippen molar-refractivity contribution < 1.29 is 9.90 Å². The van der Waals surface area contributed by atoms with Crippen molar-refractivity contribution >= 4 is 11.6 Å². The first-order valence-corrected chi connectivity index (χ1v) is 6.15. The number of rotatable bonds is 2. The Kier molecular flexibility index (Phi) is 3.56. The van der Waals surface area contributed by atoms with E-state index < -0.39 is 0 Å². The predicted octanol–water partition coefficient (Wildman–Crippen LogP) is 3.57. The van der Waals surface area contributed by atoms with Crippen LogP contribution in [0.5, 0.6) is 5.75 Å². The third kappa shape index (κ3) is 3.13. The summed E-state index contributed by atoms with van der Waals surface area (Å²) in [5.41, 5.74) is 4.18. The van der Waals surface area contributed by atoms with E-state index in [1.807, 2.05) is 32.0 Å². The quantitative estimate of drug-likeness (QED) is 0.806. The number of aromatic hydroxyl groups is 1. The summed E-state index contributed by atoms with van der Waals surface area (Å²) < 4.78 is 0. The maximum Gasteiger partial charge on any atom is 0.255 e. The Balaban J connectivity index is 2.22. The first-order chi connectivity index (χ1) is 8.95. The third-order valence-electron chi connectivity index (χ3n) is 2.94. The number of nitrogens with one attached hydrogen (secondary N) is 1. The first kappa shape index (κ1) is 13.1. The second kappa shape index (κ2) is 5.14. The lowest BCUT2D eigenvalue weighted by Crippen LogP contribution is -2.12. The van der Waals surface area contributed by atoms with Gasteiger partial charge in [-0.05, 0) is 56.7 Å². The van der Waals surface area contributed by atoms with Crippen LogP contribution in [0.1, 0.15) is 27.0 Å². The maximum atomic E-state index is 12.1. The molecule has 0 unspecified atom stereocenters. The van der Waals surface area contributed by atoms with Gasteiger partial charge in [0.05, 0.1) is 0 Å². The number of phenolic OH excluding ortho intramolecular Hbond substituents is 1.